The van der Waals surface area contributed by atoms with Gasteiger partial charge in [0.15, 0.2) is 0 Å². The Labute approximate surface area is 125 Å². The van der Waals surface area contributed by atoms with Crippen molar-refractivity contribution in [1.82, 2.24) is 9.71 Å². The molecule has 1 aromatic heterocycles. The number of rotatable bonds is 4. The molecule has 0 radical (unpaired) electrons. The van der Waals surface area contributed by atoms with E-state index in [-0.39, 0.29) is 4.90 Å². The van der Waals surface area contributed by atoms with Crippen LogP contribution in [0.1, 0.15) is 18.3 Å². The number of hydrogen-bond acceptors (Lipinski definition) is 3. The lowest BCUT2D eigenvalue weighted by Gasteiger charge is -2.09. The van der Waals surface area contributed by atoms with Gasteiger partial charge < -0.3 is 0 Å². The minimum absolute atomic E-state index is 0.219. The van der Waals surface area contributed by atoms with Crippen LogP contribution < -0.4 is 4.72 Å². The molecule has 1 aromatic carbocycles. The minimum atomic E-state index is -3.54. The summed E-state index contributed by atoms with van der Waals surface area (Å²) in [4.78, 5) is 4.55. The molecule has 2 aromatic rings. The van der Waals surface area contributed by atoms with Gasteiger partial charge in [0.1, 0.15) is 0 Å². The van der Waals surface area contributed by atoms with Crippen molar-refractivity contribution >= 4 is 10.0 Å². The summed E-state index contributed by atoms with van der Waals surface area (Å²) in [5, 5.41) is 0. The van der Waals surface area contributed by atoms with Crippen LogP contribution in [0.2, 0.25) is 0 Å². The number of hydrogen-bond donors (Lipinski definition) is 1. The van der Waals surface area contributed by atoms with Crippen molar-refractivity contribution < 1.29 is 8.42 Å². The highest BCUT2D eigenvalue weighted by molar-refractivity contribution is 7.89. The van der Waals surface area contributed by atoms with Crippen LogP contribution in [-0.4, -0.2) is 13.4 Å². The van der Waals surface area contributed by atoms with Crippen molar-refractivity contribution in [2.45, 2.75) is 25.7 Å². The maximum absolute atomic E-state index is 12.0. The molecule has 0 saturated carbocycles. The number of nitrogens with zero attached hydrogens (tertiary/aromatic N) is 1. The molecule has 0 saturated heterocycles. The number of benzene rings is 1. The molecule has 0 aliphatic carbocycles. The number of nitrogens with one attached hydrogen (secondary N) is 1. The molecule has 0 aliphatic rings. The van der Waals surface area contributed by atoms with Gasteiger partial charge in [-0.25, -0.2) is 8.42 Å². The van der Waals surface area contributed by atoms with E-state index in [0.717, 1.165) is 22.5 Å². The van der Waals surface area contributed by atoms with Crippen molar-refractivity contribution in [3.8, 4) is 11.1 Å². The quantitative estimate of drug-likeness (QED) is 0.943. The van der Waals surface area contributed by atoms with Gasteiger partial charge in [-0.2, -0.15) is 0 Å². The van der Waals surface area contributed by atoms with Crippen molar-refractivity contribution in [3.63, 3.8) is 0 Å². The lowest BCUT2D eigenvalue weighted by Crippen LogP contribution is -2.21. The van der Waals surface area contributed by atoms with Crippen LogP contribution >= 0.6 is 0 Å². The Morgan fingerprint density at radius 2 is 1.57 bits per heavy atom. The molecule has 0 amide bonds. The van der Waals surface area contributed by atoms with E-state index in [0.29, 0.717) is 5.70 Å². The van der Waals surface area contributed by atoms with Crippen LogP contribution in [-0.2, 0) is 10.0 Å². The first-order valence-electron chi connectivity index (χ1n) is 6.52. The van der Waals surface area contributed by atoms with Gasteiger partial charge in [0.05, 0.1) is 4.90 Å². The van der Waals surface area contributed by atoms with Gasteiger partial charge in [-0.05, 0) is 56.2 Å². The molecule has 110 valence electrons. The second kappa shape index (κ2) is 5.69. The standard InChI is InChI=1S/C16H18N2O2S/c1-11(2)18-21(19,20)16-7-5-14(6-8-16)15-9-12(3)17-13(4)10-15/h5-10,18H,1H2,2-4H3. The smallest absolute Gasteiger partial charge is 0.261 e. The highest BCUT2D eigenvalue weighted by Crippen LogP contribution is 2.22. The highest BCUT2D eigenvalue weighted by atomic mass is 32.2. The molecular weight excluding hydrogens is 284 g/mol. The summed E-state index contributed by atoms with van der Waals surface area (Å²) < 4.78 is 26.4. The lowest BCUT2D eigenvalue weighted by atomic mass is 10.1. The summed E-state index contributed by atoms with van der Waals surface area (Å²) in [6, 6.07) is 10.7. The van der Waals surface area contributed by atoms with Gasteiger partial charge in [-0.15, -0.1) is 0 Å². The van der Waals surface area contributed by atoms with Crippen LogP contribution in [0.3, 0.4) is 0 Å². The summed E-state index contributed by atoms with van der Waals surface area (Å²) in [7, 11) is -3.54. The first-order valence-corrected chi connectivity index (χ1v) is 8.00. The van der Waals surface area contributed by atoms with E-state index in [9.17, 15) is 8.42 Å². The SMILES string of the molecule is C=C(C)NS(=O)(=O)c1ccc(-c2cc(C)nc(C)c2)cc1. The molecule has 0 spiro atoms. The number of sulfonamides is 1. The number of aryl methyl sites for hydroxylation is 2. The normalized spacial score (nSPS) is 11.2. The Kier molecular flexibility index (Phi) is 4.14. The highest BCUT2D eigenvalue weighted by Gasteiger charge is 2.13. The average molecular weight is 302 g/mol. The summed E-state index contributed by atoms with van der Waals surface area (Å²) in [5.41, 5.74) is 4.24. The van der Waals surface area contributed by atoms with Gasteiger partial charge in [-0.1, -0.05) is 18.7 Å². The van der Waals surface area contributed by atoms with E-state index in [4.69, 9.17) is 0 Å². The van der Waals surface area contributed by atoms with E-state index in [1.807, 2.05) is 26.0 Å². The largest absolute Gasteiger partial charge is 0.284 e. The average Bonchev–Trinajstić information content (AvgIpc) is 2.36. The minimum Gasteiger partial charge on any atom is -0.284 e. The van der Waals surface area contributed by atoms with Crippen LogP contribution in [0.15, 0.2) is 53.6 Å². The Morgan fingerprint density at radius 3 is 2.05 bits per heavy atom. The van der Waals surface area contributed by atoms with Crippen LogP contribution in [0, 0.1) is 13.8 Å². The Hall–Kier alpha value is -2.14. The van der Waals surface area contributed by atoms with Crippen LogP contribution in [0.25, 0.3) is 11.1 Å². The third-order valence-corrected chi connectivity index (χ3v) is 4.40. The fourth-order valence-electron chi connectivity index (χ4n) is 2.12. The molecule has 0 unspecified atom stereocenters. The molecular formula is C16H18N2O2S. The zero-order chi connectivity index (χ0) is 15.6. The lowest BCUT2D eigenvalue weighted by molar-refractivity contribution is 0.589. The predicted molar refractivity (Wildman–Crippen MR) is 84.3 cm³/mol. The van der Waals surface area contributed by atoms with E-state index in [1.165, 1.54) is 0 Å². The summed E-state index contributed by atoms with van der Waals surface area (Å²) in [5.74, 6) is 0. The van der Waals surface area contributed by atoms with E-state index in [2.05, 4.69) is 16.3 Å². The maximum atomic E-state index is 12.0. The Morgan fingerprint density at radius 1 is 1.05 bits per heavy atom. The molecule has 21 heavy (non-hydrogen) atoms. The third kappa shape index (κ3) is 3.70. The van der Waals surface area contributed by atoms with Gasteiger partial charge in [0, 0.05) is 17.1 Å². The summed E-state index contributed by atoms with van der Waals surface area (Å²) >= 11 is 0. The second-order valence-corrected chi connectivity index (χ2v) is 6.73. The fourth-order valence-corrected chi connectivity index (χ4v) is 3.19. The van der Waals surface area contributed by atoms with Crippen LogP contribution in [0.5, 0.6) is 0 Å². The molecule has 0 atom stereocenters. The first kappa shape index (κ1) is 15.3. The van der Waals surface area contributed by atoms with Crippen molar-refractivity contribution in [1.29, 1.82) is 0 Å². The monoisotopic (exact) mass is 302 g/mol. The van der Waals surface area contributed by atoms with E-state index < -0.39 is 10.0 Å². The van der Waals surface area contributed by atoms with Gasteiger partial charge >= 0.3 is 0 Å². The maximum Gasteiger partial charge on any atom is 0.261 e. The van der Waals surface area contributed by atoms with E-state index >= 15 is 0 Å². The zero-order valence-corrected chi connectivity index (χ0v) is 13.2. The Balaban J connectivity index is 2.37. The second-order valence-electron chi connectivity index (χ2n) is 5.05. The number of pyridine rings is 1. The Bertz CT molecular complexity index is 758. The first-order chi connectivity index (χ1) is 9.78. The molecule has 0 aliphatic heterocycles. The third-order valence-electron chi connectivity index (χ3n) is 2.89. The zero-order valence-electron chi connectivity index (χ0n) is 12.3. The molecule has 0 bridgehead atoms. The molecule has 0 fully saturated rings. The molecule has 4 nitrogen and oxygen atoms in total. The summed E-state index contributed by atoms with van der Waals surface area (Å²) in [6.45, 7) is 9.03. The fraction of sp³-hybridized carbons (Fsp3) is 0.188. The van der Waals surface area contributed by atoms with Gasteiger partial charge in [-0.3, -0.25) is 9.71 Å². The summed E-state index contributed by atoms with van der Waals surface area (Å²) in [6.07, 6.45) is 0. The van der Waals surface area contributed by atoms with Crippen LogP contribution in [0.4, 0.5) is 0 Å². The molecule has 2 rings (SSSR count). The molecule has 5 heteroatoms. The predicted octanol–water partition coefficient (Wildman–Crippen LogP) is 3.18. The number of aromatic nitrogens is 1. The topological polar surface area (TPSA) is 59.1 Å². The molecule has 1 N–H and O–H groups in total. The van der Waals surface area contributed by atoms with Crippen molar-refractivity contribution in [2.24, 2.45) is 0 Å². The number of allylic oxidation sites excluding steroid dienone is 1. The van der Waals surface area contributed by atoms with E-state index in [1.54, 1.807) is 31.2 Å². The van der Waals surface area contributed by atoms with Crippen molar-refractivity contribution in [3.05, 3.63) is 60.1 Å². The van der Waals surface area contributed by atoms with Crippen molar-refractivity contribution in [2.75, 3.05) is 0 Å². The van der Waals surface area contributed by atoms with Gasteiger partial charge in [0.2, 0.25) is 0 Å². The van der Waals surface area contributed by atoms with Gasteiger partial charge in [0.25, 0.3) is 10.0 Å². The molecule has 1 heterocycles.